The van der Waals surface area contributed by atoms with E-state index in [9.17, 15) is 9.18 Å². The number of aryl methyl sites for hydroxylation is 1. The number of rotatable bonds is 8. The lowest BCUT2D eigenvalue weighted by Gasteiger charge is -2.09. The molecule has 3 heterocycles. The number of benzene rings is 1. The molecule has 4 aromatic rings. The molecule has 0 aliphatic heterocycles. The summed E-state index contributed by atoms with van der Waals surface area (Å²) in [6.45, 7) is 5.01. The summed E-state index contributed by atoms with van der Waals surface area (Å²) < 4.78 is 26.4. The van der Waals surface area contributed by atoms with E-state index in [-0.39, 0.29) is 18.2 Å². The van der Waals surface area contributed by atoms with Gasteiger partial charge in [0.1, 0.15) is 17.0 Å². The van der Waals surface area contributed by atoms with Crippen LogP contribution >= 0.6 is 11.3 Å². The van der Waals surface area contributed by atoms with Crippen molar-refractivity contribution in [3.8, 4) is 17.0 Å². The van der Waals surface area contributed by atoms with Crippen molar-refractivity contribution in [2.24, 2.45) is 0 Å². The predicted molar refractivity (Wildman–Crippen MR) is 118 cm³/mol. The van der Waals surface area contributed by atoms with E-state index < -0.39 is 0 Å². The number of aromatic nitrogens is 3. The molecule has 8 heteroatoms. The molecule has 0 bridgehead atoms. The Balaban J connectivity index is 1.59. The van der Waals surface area contributed by atoms with Crippen LogP contribution in [0, 0.1) is 19.7 Å². The van der Waals surface area contributed by atoms with E-state index in [2.05, 4.69) is 14.5 Å². The van der Waals surface area contributed by atoms with Gasteiger partial charge in [0.15, 0.2) is 6.61 Å². The van der Waals surface area contributed by atoms with Crippen LogP contribution in [0.1, 0.15) is 21.7 Å². The molecular weight excluding hydrogens is 417 g/mol. The van der Waals surface area contributed by atoms with Gasteiger partial charge in [0.2, 0.25) is 11.7 Å². The highest BCUT2D eigenvalue weighted by Gasteiger charge is 2.19. The number of carbonyl (C=O) groups is 1. The normalized spacial score (nSPS) is 11.2. The fourth-order valence-corrected chi connectivity index (χ4v) is 4.53. The smallest absolute Gasteiger partial charge is 0.226 e. The lowest BCUT2D eigenvalue weighted by molar-refractivity contribution is 0.0918. The van der Waals surface area contributed by atoms with Gasteiger partial charge in [-0.2, -0.15) is 0 Å². The molecule has 0 aliphatic rings. The van der Waals surface area contributed by atoms with Crippen molar-refractivity contribution in [1.82, 2.24) is 14.5 Å². The second kappa shape index (κ2) is 8.95. The molecule has 0 radical (unpaired) electrons. The minimum atomic E-state index is -0.301. The number of methoxy groups -OCH3 is 1. The van der Waals surface area contributed by atoms with Crippen molar-refractivity contribution in [1.29, 1.82) is 0 Å². The average molecular weight is 440 g/mol. The van der Waals surface area contributed by atoms with Gasteiger partial charge in [-0.15, -0.1) is 11.3 Å². The van der Waals surface area contributed by atoms with Crippen molar-refractivity contribution >= 4 is 27.3 Å². The molecule has 0 saturated heterocycles. The highest BCUT2D eigenvalue weighted by atomic mass is 32.1. The fourth-order valence-electron chi connectivity index (χ4n) is 3.62. The number of ether oxygens (including phenoxy) is 2. The van der Waals surface area contributed by atoms with Crippen LogP contribution in [0.4, 0.5) is 4.39 Å². The number of ketones is 1. The molecule has 1 aromatic carbocycles. The SMILES string of the molecule is COCCn1c(C)cc(C(=O)COc2ncnc3scc(-c4ccc(F)cc4)c23)c1C. The van der Waals surface area contributed by atoms with Gasteiger partial charge < -0.3 is 14.0 Å². The first-order valence-electron chi connectivity index (χ1n) is 9.79. The van der Waals surface area contributed by atoms with E-state index in [4.69, 9.17) is 9.47 Å². The number of halogens is 1. The summed E-state index contributed by atoms with van der Waals surface area (Å²) in [6.07, 6.45) is 1.42. The standard InChI is InChI=1S/C23H22FN3O3S/c1-14-10-18(15(2)27(14)8-9-29-3)20(28)11-30-22-21-19(12-31-23(21)26-13-25-22)16-4-6-17(24)7-5-16/h4-7,10,12-13H,8-9,11H2,1-3H3. The summed E-state index contributed by atoms with van der Waals surface area (Å²) in [6, 6.07) is 8.10. The minimum Gasteiger partial charge on any atom is -0.469 e. The topological polar surface area (TPSA) is 66.2 Å². The summed E-state index contributed by atoms with van der Waals surface area (Å²) in [7, 11) is 1.65. The number of Topliss-reactive ketones (excluding diaryl/α,β-unsaturated/α-hetero) is 1. The molecule has 0 unspecified atom stereocenters. The molecule has 31 heavy (non-hydrogen) atoms. The predicted octanol–water partition coefficient (Wildman–Crippen LogP) is 4.82. The Hall–Kier alpha value is -3.10. The van der Waals surface area contributed by atoms with E-state index in [1.54, 1.807) is 19.2 Å². The lowest BCUT2D eigenvalue weighted by atomic mass is 10.1. The molecular formula is C23H22FN3O3S. The maximum Gasteiger partial charge on any atom is 0.226 e. The van der Waals surface area contributed by atoms with Gasteiger partial charge in [0.25, 0.3) is 0 Å². The summed E-state index contributed by atoms with van der Waals surface area (Å²) in [4.78, 5) is 22.2. The van der Waals surface area contributed by atoms with Crippen LogP contribution in [0.15, 0.2) is 42.0 Å². The van der Waals surface area contributed by atoms with E-state index in [1.165, 1.54) is 29.8 Å². The molecule has 160 valence electrons. The van der Waals surface area contributed by atoms with E-state index in [0.717, 1.165) is 32.7 Å². The second-order valence-electron chi connectivity index (χ2n) is 7.16. The third-order valence-corrected chi connectivity index (χ3v) is 6.11. The quantitative estimate of drug-likeness (QED) is 0.368. The molecule has 0 aliphatic carbocycles. The van der Waals surface area contributed by atoms with Crippen LogP contribution in [0.25, 0.3) is 21.3 Å². The van der Waals surface area contributed by atoms with Gasteiger partial charge in [-0.05, 0) is 37.6 Å². The van der Waals surface area contributed by atoms with E-state index >= 15 is 0 Å². The van der Waals surface area contributed by atoms with E-state index in [1.807, 2.05) is 25.3 Å². The Morgan fingerprint density at radius 3 is 2.71 bits per heavy atom. The number of hydrogen-bond donors (Lipinski definition) is 0. The van der Waals surface area contributed by atoms with Gasteiger partial charge in [0.05, 0.1) is 12.0 Å². The molecule has 0 amide bonds. The zero-order valence-electron chi connectivity index (χ0n) is 17.5. The molecule has 6 nitrogen and oxygen atoms in total. The van der Waals surface area contributed by atoms with Gasteiger partial charge in [0, 0.05) is 41.5 Å². The first kappa shape index (κ1) is 21.1. The van der Waals surface area contributed by atoms with Crippen molar-refractivity contribution in [2.75, 3.05) is 20.3 Å². The number of fused-ring (bicyclic) bond motifs is 1. The molecule has 0 saturated carbocycles. The van der Waals surface area contributed by atoms with Gasteiger partial charge in [-0.3, -0.25) is 4.79 Å². The van der Waals surface area contributed by atoms with Crippen molar-refractivity contribution in [3.63, 3.8) is 0 Å². The lowest BCUT2D eigenvalue weighted by Crippen LogP contribution is -2.14. The molecule has 0 N–H and O–H groups in total. The first-order valence-corrected chi connectivity index (χ1v) is 10.7. The van der Waals surface area contributed by atoms with Crippen LogP contribution in [-0.2, 0) is 11.3 Å². The van der Waals surface area contributed by atoms with Gasteiger partial charge in [-0.25, -0.2) is 14.4 Å². The van der Waals surface area contributed by atoms with Crippen LogP contribution in [0.3, 0.4) is 0 Å². The third kappa shape index (κ3) is 4.22. The Bertz CT molecular complexity index is 1230. The monoisotopic (exact) mass is 439 g/mol. The minimum absolute atomic E-state index is 0.123. The Morgan fingerprint density at radius 1 is 1.19 bits per heavy atom. The van der Waals surface area contributed by atoms with Gasteiger partial charge in [-0.1, -0.05) is 12.1 Å². The van der Waals surface area contributed by atoms with E-state index in [0.29, 0.717) is 24.6 Å². The Kier molecular flexibility index (Phi) is 6.11. The average Bonchev–Trinajstić information content (AvgIpc) is 3.32. The van der Waals surface area contributed by atoms with Crippen molar-refractivity contribution in [2.45, 2.75) is 20.4 Å². The number of nitrogens with zero attached hydrogens (tertiary/aromatic N) is 3. The zero-order chi connectivity index (χ0) is 22.0. The van der Waals surface area contributed by atoms with Gasteiger partial charge >= 0.3 is 0 Å². The number of carbonyl (C=O) groups excluding carboxylic acids is 1. The Morgan fingerprint density at radius 2 is 1.97 bits per heavy atom. The molecule has 0 spiro atoms. The van der Waals surface area contributed by atoms with Crippen LogP contribution in [0.5, 0.6) is 5.88 Å². The summed E-state index contributed by atoms with van der Waals surface area (Å²) in [5, 5.41) is 2.66. The summed E-state index contributed by atoms with van der Waals surface area (Å²) >= 11 is 1.45. The summed E-state index contributed by atoms with van der Waals surface area (Å²) in [5.74, 6) is -0.0843. The second-order valence-corrected chi connectivity index (χ2v) is 8.01. The van der Waals surface area contributed by atoms with Crippen LogP contribution < -0.4 is 4.74 Å². The first-order chi connectivity index (χ1) is 15.0. The Labute approximate surface area is 183 Å². The number of hydrogen-bond acceptors (Lipinski definition) is 6. The van der Waals surface area contributed by atoms with Crippen LogP contribution in [0.2, 0.25) is 0 Å². The highest BCUT2D eigenvalue weighted by molar-refractivity contribution is 7.17. The maximum atomic E-state index is 13.3. The summed E-state index contributed by atoms with van der Waals surface area (Å²) in [5.41, 5.74) is 4.20. The molecule has 3 aromatic heterocycles. The maximum absolute atomic E-state index is 13.3. The van der Waals surface area contributed by atoms with Crippen molar-refractivity contribution in [3.05, 3.63) is 64.8 Å². The third-order valence-electron chi connectivity index (χ3n) is 5.22. The molecule has 4 rings (SSSR count). The fraction of sp³-hybridized carbons (Fsp3) is 0.261. The molecule has 0 atom stereocenters. The largest absolute Gasteiger partial charge is 0.469 e. The number of thiophene rings is 1. The van der Waals surface area contributed by atoms with Crippen LogP contribution in [-0.4, -0.2) is 40.6 Å². The zero-order valence-corrected chi connectivity index (χ0v) is 18.3. The van der Waals surface area contributed by atoms with Crippen molar-refractivity contribution < 1.29 is 18.7 Å². The highest BCUT2D eigenvalue weighted by Crippen LogP contribution is 2.37. The molecule has 0 fully saturated rings.